The standard InChI is InChI=1S/C8H14N2O3S/c11-7-8-14(12,13)9-3-6-10-4-1-2-5-10/h1-2,4-5,9,11H,3,6-8H2. The van der Waals surface area contributed by atoms with Crippen molar-refractivity contribution in [3.8, 4) is 0 Å². The predicted octanol–water partition coefficient (Wildman–Crippen LogP) is -0.600. The van der Waals surface area contributed by atoms with Crippen LogP contribution in [0.2, 0.25) is 0 Å². The van der Waals surface area contributed by atoms with Crippen molar-refractivity contribution in [2.45, 2.75) is 6.54 Å². The van der Waals surface area contributed by atoms with E-state index in [2.05, 4.69) is 4.72 Å². The number of hydrogen-bond donors (Lipinski definition) is 2. The number of aliphatic hydroxyl groups is 1. The molecule has 5 nitrogen and oxygen atoms in total. The molecule has 0 aliphatic heterocycles. The highest BCUT2D eigenvalue weighted by Crippen LogP contribution is 1.89. The number of nitrogens with zero attached hydrogens (tertiary/aromatic N) is 1. The van der Waals surface area contributed by atoms with E-state index in [1.165, 1.54) is 0 Å². The molecule has 0 fully saturated rings. The first kappa shape index (κ1) is 11.2. The van der Waals surface area contributed by atoms with E-state index >= 15 is 0 Å². The van der Waals surface area contributed by atoms with Crippen LogP contribution >= 0.6 is 0 Å². The van der Waals surface area contributed by atoms with Gasteiger partial charge in [0.15, 0.2) is 0 Å². The normalized spacial score (nSPS) is 11.8. The Labute approximate surface area is 83.4 Å². The largest absolute Gasteiger partial charge is 0.395 e. The quantitative estimate of drug-likeness (QED) is 0.669. The maximum absolute atomic E-state index is 11.1. The van der Waals surface area contributed by atoms with E-state index in [0.29, 0.717) is 13.1 Å². The highest BCUT2D eigenvalue weighted by molar-refractivity contribution is 7.89. The zero-order valence-corrected chi connectivity index (χ0v) is 8.57. The summed E-state index contributed by atoms with van der Waals surface area (Å²) >= 11 is 0. The summed E-state index contributed by atoms with van der Waals surface area (Å²) in [5.74, 6) is -0.237. The van der Waals surface area contributed by atoms with Crippen molar-refractivity contribution >= 4 is 10.0 Å². The van der Waals surface area contributed by atoms with Crippen LogP contribution in [0.4, 0.5) is 0 Å². The van der Waals surface area contributed by atoms with Crippen LogP contribution in [0.5, 0.6) is 0 Å². The van der Waals surface area contributed by atoms with E-state index in [9.17, 15) is 8.42 Å². The molecular formula is C8H14N2O3S. The van der Waals surface area contributed by atoms with Crippen molar-refractivity contribution < 1.29 is 13.5 Å². The number of aliphatic hydroxyl groups excluding tert-OH is 1. The third-order valence-electron chi connectivity index (χ3n) is 1.72. The summed E-state index contributed by atoms with van der Waals surface area (Å²) < 4.78 is 26.4. The van der Waals surface area contributed by atoms with Crippen LogP contribution < -0.4 is 4.72 Å². The van der Waals surface area contributed by atoms with E-state index < -0.39 is 10.0 Å². The predicted molar refractivity (Wildman–Crippen MR) is 53.3 cm³/mol. The Kier molecular flexibility index (Phi) is 4.12. The molecule has 0 bridgehead atoms. The van der Waals surface area contributed by atoms with Gasteiger partial charge >= 0.3 is 0 Å². The molecule has 0 atom stereocenters. The molecule has 0 amide bonds. The second-order valence-corrected chi connectivity index (χ2v) is 4.78. The van der Waals surface area contributed by atoms with Gasteiger partial charge < -0.3 is 9.67 Å². The Bertz CT molecular complexity index is 345. The maximum atomic E-state index is 11.1. The third-order valence-corrected chi connectivity index (χ3v) is 3.08. The van der Waals surface area contributed by atoms with Crippen molar-refractivity contribution in [3.63, 3.8) is 0 Å². The van der Waals surface area contributed by atoms with E-state index in [1.807, 2.05) is 29.1 Å². The van der Waals surface area contributed by atoms with E-state index in [-0.39, 0.29) is 12.4 Å². The smallest absolute Gasteiger partial charge is 0.213 e. The highest BCUT2D eigenvalue weighted by Gasteiger charge is 2.07. The minimum Gasteiger partial charge on any atom is -0.395 e. The van der Waals surface area contributed by atoms with Crippen LogP contribution in [0.3, 0.4) is 0 Å². The summed E-state index contributed by atoms with van der Waals surface area (Å²) in [5.41, 5.74) is 0. The Hall–Kier alpha value is -0.850. The molecule has 1 heterocycles. The maximum Gasteiger partial charge on any atom is 0.213 e. The Morgan fingerprint density at radius 3 is 2.50 bits per heavy atom. The van der Waals surface area contributed by atoms with Crippen molar-refractivity contribution in [2.24, 2.45) is 0 Å². The van der Waals surface area contributed by atoms with Crippen molar-refractivity contribution in [1.29, 1.82) is 0 Å². The van der Waals surface area contributed by atoms with E-state index in [0.717, 1.165) is 0 Å². The molecule has 0 unspecified atom stereocenters. The number of nitrogens with one attached hydrogen (secondary N) is 1. The monoisotopic (exact) mass is 218 g/mol. The van der Waals surface area contributed by atoms with E-state index in [1.54, 1.807) is 0 Å². The number of aromatic nitrogens is 1. The first-order valence-electron chi connectivity index (χ1n) is 4.33. The molecule has 1 aromatic heterocycles. The molecule has 0 aliphatic carbocycles. The number of hydrogen-bond acceptors (Lipinski definition) is 3. The molecule has 6 heteroatoms. The van der Waals surface area contributed by atoms with Gasteiger partial charge in [-0.25, -0.2) is 13.1 Å². The van der Waals surface area contributed by atoms with Crippen molar-refractivity contribution in [3.05, 3.63) is 24.5 Å². The lowest BCUT2D eigenvalue weighted by Crippen LogP contribution is -2.30. The lowest BCUT2D eigenvalue weighted by Gasteiger charge is -2.05. The SMILES string of the molecule is O=S(=O)(CCO)NCCn1cccc1. The Morgan fingerprint density at radius 2 is 1.93 bits per heavy atom. The van der Waals surface area contributed by atoms with Gasteiger partial charge in [-0.15, -0.1) is 0 Å². The van der Waals surface area contributed by atoms with Gasteiger partial charge in [-0.2, -0.15) is 0 Å². The topological polar surface area (TPSA) is 71.3 Å². The zero-order valence-electron chi connectivity index (χ0n) is 7.76. The van der Waals surface area contributed by atoms with Crippen LogP contribution in [0.15, 0.2) is 24.5 Å². The van der Waals surface area contributed by atoms with Gasteiger partial charge in [-0.1, -0.05) is 0 Å². The Balaban J connectivity index is 2.28. The second kappa shape index (κ2) is 5.14. The number of rotatable bonds is 6. The van der Waals surface area contributed by atoms with Crippen LogP contribution in [-0.2, 0) is 16.6 Å². The van der Waals surface area contributed by atoms with Crippen LogP contribution in [0, 0.1) is 0 Å². The lowest BCUT2D eigenvalue weighted by atomic mass is 10.6. The summed E-state index contributed by atoms with van der Waals surface area (Å²) in [6.45, 7) is 0.591. The fourth-order valence-electron chi connectivity index (χ4n) is 1.04. The van der Waals surface area contributed by atoms with E-state index in [4.69, 9.17) is 5.11 Å². The van der Waals surface area contributed by atoms with Gasteiger partial charge in [0, 0.05) is 25.5 Å². The summed E-state index contributed by atoms with van der Waals surface area (Å²) in [6, 6.07) is 3.75. The highest BCUT2D eigenvalue weighted by atomic mass is 32.2. The van der Waals surface area contributed by atoms with Crippen molar-refractivity contribution in [2.75, 3.05) is 18.9 Å². The molecule has 0 saturated heterocycles. The van der Waals surface area contributed by atoms with Crippen LogP contribution in [-0.4, -0.2) is 37.0 Å². The fraction of sp³-hybridized carbons (Fsp3) is 0.500. The number of sulfonamides is 1. The molecule has 0 spiro atoms. The van der Waals surface area contributed by atoms with Crippen LogP contribution in [0.1, 0.15) is 0 Å². The fourth-order valence-corrected chi connectivity index (χ4v) is 1.83. The molecule has 0 aliphatic rings. The third kappa shape index (κ3) is 3.91. The molecular weight excluding hydrogens is 204 g/mol. The lowest BCUT2D eigenvalue weighted by molar-refractivity contribution is 0.319. The van der Waals surface area contributed by atoms with Gasteiger partial charge in [-0.05, 0) is 12.1 Å². The molecule has 1 aromatic rings. The van der Waals surface area contributed by atoms with Gasteiger partial charge in [-0.3, -0.25) is 0 Å². The van der Waals surface area contributed by atoms with Gasteiger partial charge in [0.05, 0.1) is 12.4 Å². The van der Waals surface area contributed by atoms with Gasteiger partial charge in [0.25, 0.3) is 0 Å². The molecule has 0 aromatic carbocycles. The van der Waals surface area contributed by atoms with Crippen LogP contribution in [0.25, 0.3) is 0 Å². The average molecular weight is 218 g/mol. The molecule has 0 radical (unpaired) electrons. The van der Waals surface area contributed by atoms with Gasteiger partial charge in [0.2, 0.25) is 10.0 Å². The zero-order chi connectivity index (χ0) is 10.4. The molecule has 80 valence electrons. The van der Waals surface area contributed by atoms with Gasteiger partial charge in [0.1, 0.15) is 0 Å². The summed E-state index contributed by atoms with van der Waals surface area (Å²) in [6.07, 6.45) is 3.72. The summed E-state index contributed by atoms with van der Waals surface area (Å²) in [4.78, 5) is 0. The minimum atomic E-state index is -3.30. The van der Waals surface area contributed by atoms with Crippen molar-refractivity contribution in [1.82, 2.24) is 9.29 Å². The summed E-state index contributed by atoms with van der Waals surface area (Å²) in [7, 11) is -3.30. The first-order chi connectivity index (χ1) is 6.64. The summed E-state index contributed by atoms with van der Waals surface area (Å²) in [5, 5.41) is 8.46. The first-order valence-corrected chi connectivity index (χ1v) is 5.98. The second-order valence-electron chi connectivity index (χ2n) is 2.86. The molecule has 2 N–H and O–H groups in total. The Morgan fingerprint density at radius 1 is 1.29 bits per heavy atom. The molecule has 14 heavy (non-hydrogen) atoms. The molecule has 1 rings (SSSR count). The minimum absolute atomic E-state index is 0.237. The average Bonchev–Trinajstić information content (AvgIpc) is 2.56. The molecule has 0 saturated carbocycles.